The molecule has 2 aromatic rings. The van der Waals surface area contributed by atoms with Gasteiger partial charge in [0.2, 0.25) is 0 Å². The first-order valence-corrected chi connectivity index (χ1v) is 8.58. The molecule has 1 fully saturated rings. The lowest BCUT2D eigenvalue weighted by Gasteiger charge is -2.30. The predicted molar refractivity (Wildman–Crippen MR) is 98.9 cm³/mol. The van der Waals surface area contributed by atoms with Crippen LogP contribution in [0.2, 0.25) is 0 Å². The van der Waals surface area contributed by atoms with Crippen molar-refractivity contribution in [2.45, 2.75) is 26.3 Å². The molecule has 3 rings (SSSR count). The molecule has 0 radical (unpaired) electrons. The average molecular weight is 323 g/mol. The monoisotopic (exact) mass is 323 g/mol. The van der Waals surface area contributed by atoms with Gasteiger partial charge in [0.25, 0.3) is 5.91 Å². The molecule has 0 saturated carbocycles. The average Bonchev–Trinajstić information content (AvgIpc) is 2.59. The summed E-state index contributed by atoms with van der Waals surface area (Å²) in [6, 6.07) is 15.1. The highest BCUT2D eigenvalue weighted by atomic mass is 16.1. The van der Waals surface area contributed by atoms with Crippen LogP contribution in [0, 0.1) is 5.92 Å². The minimum absolute atomic E-state index is 0.139. The van der Waals surface area contributed by atoms with Crippen LogP contribution in [0.4, 0.5) is 11.4 Å². The van der Waals surface area contributed by atoms with Crippen LogP contribution in [-0.2, 0) is 6.54 Å². The Morgan fingerprint density at radius 2 is 1.88 bits per heavy atom. The van der Waals surface area contributed by atoms with Crippen LogP contribution in [0.25, 0.3) is 0 Å². The number of nitrogens with two attached hydrogens (primary N) is 1. The van der Waals surface area contributed by atoms with Crippen LogP contribution in [0.5, 0.6) is 0 Å². The molecule has 1 amide bonds. The van der Waals surface area contributed by atoms with Crippen molar-refractivity contribution in [1.82, 2.24) is 4.90 Å². The molecule has 1 aliphatic rings. The zero-order chi connectivity index (χ0) is 16.9. The van der Waals surface area contributed by atoms with Gasteiger partial charge in [-0.25, -0.2) is 0 Å². The molecule has 0 bridgehead atoms. The number of carbonyl (C=O) groups excluding carboxylic acids is 1. The summed E-state index contributed by atoms with van der Waals surface area (Å²) in [5.41, 5.74) is 8.97. The van der Waals surface area contributed by atoms with E-state index < -0.39 is 0 Å². The number of hydrogen-bond donors (Lipinski definition) is 2. The van der Waals surface area contributed by atoms with E-state index in [9.17, 15) is 4.79 Å². The Kier molecular flexibility index (Phi) is 5.16. The number of carbonyl (C=O) groups is 1. The molecule has 0 aliphatic carbocycles. The van der Waals surface area contributed by atoms with Gasteiger partial charge in [0.05, 0.1) is 0 Å². The molecule has 0 spiro atoms. The minimum Gasteiger partial charge on any atom is -0.399 e. The topological polar surface area (TPSA) is 58.4 Å². The second-order valence-electron chi connectivity index (χ2n) is 6.74. The summed E-state index contributed by atoms with van der Waals surface area (Å²) in [5.74, 6) is 0.714. The Bertz CT molecular complexity index is 688. The van der Waals surface area contributed by atoms with E-state index in [4.69, 9.17) is 5.73 Å². The number of anilines is 2. The summed E-state index contributed by atoms with van der Waals surface area (Å²) in [6.45, 7) is 5.66. The van der Waals surface area contributed by atoms with Crippen LogP contribution < -0.4 is 11.1 Å². The van der Waals surface area contributed by atoms with Crippen molar-refractivity contribution >= 4 is 17.3 Å². The van der Waals surface area contributed by atoms with Crippen LogP contribution in [0.15, 0.2) is 48.5 Å². The molecule has 3 N–H and O–H groups in total. The lowest BCUT2D eigenvalue weighted by Crippen LogP contribution is -2.32. The molecule has 24 heavy (non-hydrogen) atoms. The van der Waals surface area contributed by atoms with E-state index in [2.05, 4.69) is 29.3 Å². The smallest absolute Gasteiger partial charge is 0.255 e. The first-order chi connectivity index (χ1) is 11.6. The van der Waals surface area contributed by atoms with Crippen molar-refractivity contribution in [2.24, 2.45) is 5.92 Å². The number of nitrogens with zero attached hydrogens (tertiary/aromatic N) is 1. The van der Waals surface area contributed by atoms with E-state index in [1.165, 1.54) is 31.5 Å². The number of benzene rings is 2. The zero-order valence-corrected chi connectivity index (χ0v) is 14.2. The predicted octanol–water partition coefficient (Wildman–Crippen LogP) is 3.75. The van der Waals surface area contributed by atoms with Gasteiger partial charge >= 0.3 is 0 Å². The summed E-state index contributed by atoms with van der Waals surface area (Å²) in [4.78, 5) is 14.7. The fraction of sp³-hybridized carbons (Fsp3) is 0.350. The van der Waals surface area contributed by atoms with E-state index in [0.717, 1.165) is 18.2 Å². The van der Waals surface area contributed by atoms with Gasteiger partial charge in [0.15, 0.2) is 0 Å². The van der Waals surface area contributed by atoms with E-state index in [0.29, 0.717) is 11.3 Å². The van der Waals surface area contributed by atoms with Gasteiger partial charge in [0.1, 0.15) is 0 Å². The van der Waals surface area contributed by atoms with Crippen LogP contribution in [0.1, 0.15) is 35.7 Å². The first kappa shape index (κ1) is 16.5. The Morgan fingerprint density at radius 3 is 2.54 bits per heavy atom. The fourth-order valence-corrected chi connectivity index (χ4v) is 3.06. The second-order valence-corrected chi connectivity index (χ2v) is 6.74. The highest BCUT2D eigenvalue weighted by Crippen LogP contribution is 2.19. The number of rotatable bonds is 4. The third-order valence-corrected chi connectivity index (χ3v) is 4.64. The van der Waals surface area contributed by atoms with Crippen LogP contribution >= 0.6 is 0 Å². The largest absolute Gasteiger partial charge is 0.399 e. The third kappa shape index (κ3) is 4.36. The molecule has 1 aliphatic heterocycles. The summed E-state index contributed by atoms with van der Waals surface area (Å²) in [5, 5.41) is 2.91. The molecule has 2 aromatic carbocycles. The van der Waals surface area contributed by atoms with Gasteiger partial charge in [0, 0.05) is 23.5 Å². The molecular formula is C20H25N3O. The summed E-state index contributed by atoms with van der Waals surface area (Å²) >= 11 is 0. The van der Waals surface area contributed by atoms with Gasteiger partial charge in [-0.15, -0.1) is 0 Å². The van der Waals surface area contributed by atoms with Gasteiger partial charge < -0.3 is 11.1 Å². The molecule has 4 heteroatoms. The van der Waals surface area contributed by atoms with Gasteiger partial charge in [-0.05, 0) is 67.7 Å². The van der Waals surface area contributed by atoms with Gasteiger partial charge in [-0.2, -0.15) is 0 Å². The molecule has 1 saturated heterocycles. The molecule has 0 atom stereocenters. The number of hydrogen-bond acceptors (Lipinski definition) is 3. The number of nitrogen functional groups attached to an aromatic ring is 1. The Labute approximate surface area is 143 Å². The molecular weight excluding hydrogens is 298 g/mol. The second kappa shape index (κ2) is 7.49. The van der Waals surface area contributed by atoms with Gasteiger partial charge in [-0.3, -0.25) is 9.69 Å². The van der Waals surface area contributed by atoms with E-state index >= 15 is 0 Å². The molecule has 126 valence electrons. The maximum Gasteiger partial charge on any atom is 0.255 e. The number of piperidine rings is 1. The molecule has 0 aromatic heterocycles. The highest BCUT2D eigenvalue weighted by Gasteiger charge is 2.15. The van der Waals surface area contributed by atoms with E-state index in [-0.39, 0.29) is 5.91 Å². The van der Waals surface area contributed by atoms with E-state index in [1.807, 2.05) is 12.1 Å². The summed E-state index contributed by atoms with van der Waals surface area (Å²) in [6.07, 6.45) is 2.57. The van der Waals surface area contributed by atoms with Crippen molar-refractivity contribution in [3.8, 4) is 0 Å². The van der Waals surface area contributed by atoms with Crippen molar-refractivity contribution in [3.05, 3.63) is 59.7 Å². The lowest BCUT2D eigenvalue weighted by molar-refractivity contribution is 0.102. The summed E-state index contributed by atoms with van der Waals surface area (Å²) in [7, 11) is 0. The molecule has 0 unspecified atom stereocenters. The number of amides is 1. The third-order valence-electron chi connectivity index (χ3n) is 4.64. The Hall–Kier alpha value is -2.33. The standard InChI is InChI=1S/C20H25N3O/c1-15-9-11-23(12-10-15)14-16-5-7-19(8-6-16)22-20(24)17-3-2-4-18(21)13-17/h2-8,13,15H,9-12,14,21H2,1H3,(H,22,24). The number of likely N-dealkylation sites (tertiary alicyclic amines) is 1. The quantitative estimate of drug-likeness (QED) is 0.843. The van der Waals surface area contributed by atoms with Gasteiger partial charge in [-0.1, -0.05) is 25.1 Å². The minimum atomic E-state index is -0.139. The molecule has 1 heterocycles. The van der Waals surface area contributed by atoms with Crippen molar-refractivity contribution in [2.75, 3.05) is 24.1 Å². The Morgan fingerprint density at radius 1 is 1.17 bits per heavy atom. The first-order valence-electron chi connectivity index (χ1n) is 8.58. The summed E-state index contributed by atoms with van der Waals surface area (Å²) < 4.78 is 0. The normalized spacial score (nSPS) is 16.0. The Balaban J connectivity index is 1.57. The fourth-order valence-electron chi connectivity index (χ4n) is 3.06. The van der Waals surface area contributed by atoms with Crippen LogP contribution in [0.3, 0.4) is 0 Å². The van der Waals surface area contributed by atoms with E-state index in [1.54, 1.807) is 24.3 Å². The maximum atomic E-state index is 12.2. The van der Waals surface area contributed by atoms with Crippen LogP contribution in [-0.4, -0.2) is 23.9 Å². The zero-order valence-electron chi connectivity index (χ0n) is 14.2. The molecule has 4 nitrogen and oxygen atoms in total. The highest BCUT2D eigenvalue weighted by molar-refractivity contribution is 6.04. The number of nitrogens with one attached hydrogen (secondary N) is 1. The van der Waals surface area contributed by atoms with Crippen molar-refractivity contribution in [1.29, 1.82) is 0 Å². The lowest BCUT2D eigenvalue weighted by atomic mass is 9.99. The maximum absolute atomic E-state index is 12.2. The van der Waals surface area contributed by atoms with Crippen molar-refractivity contribution < 1.29 is 4.79 Å². The SMILES string of the molecule is CC1CCN(Cc2ccc(NC(=O)c3cccc(N)c3)cc2)CC1. The van der Waals surface area contributed by atoms with Crippen molar-refractivity contribution in [3.63, 3.8) is 0 Å².